The Morgan fingerprint density at radius 1 is 0.806 bits per heavy atom. The van der Waals surface area contributed by atoms with Crippen LogP contribution in [0.15, 0.2) is 78.9 Å². The first-order chi connectivity index (χ1) is 17.0. The van der Waals surface area contributed by atoms with Crippen molar-refractivity contribution in [1.82, 2.24) is 10.6 Å². The molecule has 0 aliphatic carbocycles. The highest BCUT2D eigenvalue weighted by molar-refractivity contribution is 5.85. The van der Waals surface area contributed by atoms with Crippen LogP contribution in [0, 0.1) is 5.82 Å². The predicted octanol–water partition coefficient (Wildman–Crippen LogP) is 4.48. The van der Waals surface area contributed by atoms with E-state index in [-0.39, 0.29) is 18.4 Å². The summed E-state index contributed by atoms with van der Waals surface area (Å²) in [6, 6.07) is 15.5. The molecule has 3 rings (SSSR count). The van der Waals surface area contributed by atoms with Crippen molar-refractivity contribution in [1.29, 1.82) is 0 Å². The summed E-state index contributed by atoms with van der Waals surface area (Å²) in [4.78, 5) is 24.4. The molecule has 0 saturated carbocycles. The molecule has 0 fully saturated rings. The molecule has 36 heavy (non-hydrogen) atoms. The number of halogens is 4. The Morgan fingerprint density at radius 2 is 1.39 bits per heavy atom. The Balaban J connectivity index is 1.86. The summed E-state index contributed by atoms with van der Waals surface area (Å²) < 4.78 is 52.1. The van der Waals surface area contributed by atoms with Gasteiger partial charge in [-0.15, -0.1) is 0 Å². The zero-order valence-corrected chi connectivity index (χ0v) is 18.9. The minimum Gasteiger partial charge on any atom is -0.465 e. The molecule has 3 aromatic rings. The summed E-state index contributed by atoms with van der Waals surface area (Å²) in [5.41, 5.74) is 0.490. The summed E-state index contributed by atoms with van der Waals surface area (Å²) >= 11 is 0. The molecule has 0 radical (unpaired) electrons. The Labute approximate surface area is 204 Å². The van der Waals surface area contributed by atoms with E-state index in [9.17, 15) is 37.4 Å². The fourth-order valence-electron chi connectivity index (χ4n) is 3.71. The molecule has 6 nitrogen and oxygen atoms in total. The van der Waals surface area contributed by atoms with E-state index < -0.39 is 47.7 Å². The van der Waals surface area contributed by atoms with Crippen LogP contribution in [0.4, 0.5) is 22.4 Å². The number of hydrogen-bond acceptors (Lipinski definition) is 3. The van der Waals surface area contributed by atoms with Gasteiger partial charge in [-0.1, -0.05) is 54.6 Å². The molecule has 3 aromatic carbocycles. The second-order valence-corrected chi connectivity index (χ2v) is 8.20. The second-order valence-electron chi connectivity index (χ2n) is 8.20. The summed E-state index contributed by atoms with van der Waals surface area (Å²) in [5.74, 6) is -1.28. The van der Waals surface area contributed by atoms with Crippen LogP contribution in [0.1, 0.15) is 28.4 Å². The first-order valence-electron chi connectivity index (χ1n) is 11.0. The molecule has 190 valence electrons. The van der Waals surface area contributed by atoms with E-state index in [2.05, 4.69) is 10.6 Å². The molecule has 2 unspecified atom stereocenters. The molecule has 3 atom stereocenters. The van der Waals surface area contributed by atoms with Gasteiger partial charge < -0.3 is 20.8 Å². The zero-order valence-electron chi connectivity index (χ0n) is 18.9. The minimum absolute atomic E-state index is 0.0264. The Bertz CT molecular complexity index is 1150. The van der Waals surface area contributed by atoms with Crippen LogP contribution in [0.5, 0.6) is 0 Å². The monoisotopic (exact) mass is 504 g/mol. The molecule has 0 aromatic heterocycles. The summed E-state index contributed by atoms with van der Waals surface area (Å²) in [5, 5.41) is 25.0. The van der Waals surface area contributed by atoms with Gasteiger partial charge in [0, 0.05) is 6.42 Å². The van der Waals surface area contributed by atoms with Crippen molar-refractivity contribution in [3.05, 3.63) is 107 Å². The van der Waals surface area contributed by atoms with E-state index in [0.717, 1.165) is 24.3 Å². The zero-order chi connectivity index (χ0) is 26.3. The third kappa shape index (κ3) is 7.54. The van der Waals surface area contributed by atoms with Crippen molar-refractivity contribution in [2.45, 2.75) is 37.2 Å². The minimum atomic E-state index is -4.52. The lowest BCUT2D eigenvalue weighted by molar-refractivity contribution is -0.137. The van der Waals surface area contributed by atoms with Gasteiger partial charge in [0.15, 0.2) is 0 Å². The maximum Gasteiger partial charge on any atom is 0.416 e. The van der Waals surface area contributed by atoms with Gasteiger partial charge in [0.25, 0.3) is 0 Å². The molecular weight excluding hydrogens is 480 g/mol. The standard InChI is InChI=1S/C26H24F4N2O4/c27-20-12-8-18(9-13-20)23(33)21(14-17-6-10-19(11-7-17)26(28,29)30)31-24(34)22(32-25(35)36)15-16-4-2-1-3-5-16/h1-13,21-23,32-33H,14-15H2,(H,31,34)(H,35,36)/t21?,22-,23?/m0/s1. The highest BCUT2D eigenvalue weighted by Gasteiger charge is 2.31. The summed E-state index contributed by atoms with van der Waals surface area (Å²) in [7, 11) is 0. The van der Waals surface area contributed by atoms with Crippen molar-refractivity contribution in [3.63, 3.8) is 0 Å². The van der Waals surface area contributed by atoms with Crippen LogP contribution >= 0.6 is 0 Å². The number of carboxylic acid groups (broad SMARTS) is 1. The molecule has 0 saturated heterocycles. The van der Waals surface area contributed by atoms with E-state index in [0.29, 0.717) is 11.1 Å². The van der Waals surface area contributed by atoms with Crippen molar-refractivity contribution in [2.24, 2.45) is 0 Å². The number of amides is 2. The largest absolute Gasteiger partial charge is 0.465 e. The lowest BCUT2D eigenvalue weighted by atomic mass is 9.94. The molecule has 0 spiro atoms. The molecule has 0 heterocycles. The van der Waals surface area contributed by atoms with Gasteiger partial charge in [0.05, 0.1) is 17.7 Å². The third-order valence-corrected chi connectivity index (χ3v) is 5.55. The van der Waals surface area contributed by atoms with Crippen LogP contribution in [-0.2, 0) is 23.8 Å². The molecular formula is C26H24F4N2O4. The van der Waals surface area contributed by atoms with Crippen LogP contribution < -0.4 is 10.6 Å². The van der Waals surface area contributed by atoms with Crippen molar-refractivity contribution < 1.29 is 37.4 Å². The van der Waals surface area contributed by atoms with E-state index >= 15 is 0 Å². The maximum absolute atomic E-state index is 13.4. The van der Waals surface area contributed by atoms with Gasteiger partial charge in [-0.2, -0.15) is 13.2 Å². The second kappa shape index (κ2) is 11.7. The Kier molecular flexibility index (Phi) is 8.65. The van der Waals surface area contributed by atoms with Gasteiger partial charge in [-0.05, 0) is 47.4 Å². The predicted molar refractivity (Wildman–Crippen MR) is 124 cm³/mol. The molecule has 10 heteroatoms. The number of carbonyl (C=O) groups is 2. The smallest absolute Gasteiger partial charge is 0.416 e. The van der Waals surface area contributed by atoms with E-state index in [1.54, 1.807) is 30.3 Å². The van der Waals surface area contributed by atoms with E-state index in [4.69, 9.17) is 0 Å². The quantitative estimate of drug-likeness (QED) is 0.323. The Hall–Kier alpha value is -3.92. The molecule has 2 amide bonds. The molecule has 0 aliphatic heterocycles. The third-order valence-electron chi connectivity index (χ3n) is 5.55. The number of nitrogens with one attached hydrogen (secondary N) is 2. The molecule has 0 bridgehead atoms. The van der Waals surface area contributed by atoms with Crippen LogP contribution in [0.3, 0.4) is 0 Å². The number of rotatable bonds is 9. The average molecular weight is 504 g/mol. The topological polar surface area (TPSA) is 98.7 Å². The van der Waals surface area contributed by atoms with Gasteiger partial charge >= 0.3 is 12.3 Å². The number of aliphatic hydroxyl groups excluding tert-OH is 1. The fraction of sp³-hybridized carbons (Fsp3) is 0.231. The van der Waals surface area contributed by atoms with E-state index in [1.165, 1.54) is 24.3 Å². The summed E-state index contributed by atoms with van der Waals surface area (Å²) in [6.45, 7) is 0. The number of carbonyl (C=O) groups excluding carboxylic acids is 1. The lowest BCUT2D eigenvalue weighted by Gasteiger charge is -2.27. The average Bonchev–Trinajstić information content (AvgIpc) is 2.83. The van der Waals surface area contributed by atoms with Crippen LogP contribution in [0.2, 0.25) is 0 Å². The highest BCUT2D eigenvalue weighted by atomic mass is 19.4. The molecule has 0 aliphatic rings. The van der Waals surface area contributed by atoms with Crippen LogP contribution in [-0.4, -0.2) is 34.3 Å². The number of benzene rings is 3. The number of aliphatic hydroxyl groups is 1. The summed E-state index contributed by atoms with van der Waals surface area (Å²) in [6.07, 6.45) is -7.36. The fourth-order valence-corrected chi connectivity index (χ4v) is 3.71. The van der Waals surface area contributed by atoms with Gasteiger partial charge in [-0.25, -0.2) is 9.18 Å². The van der Waals surface area contributed by atoms with Crippen molar-refractivity contribution in [2.75, 3.05) is 0 Å². The number of hydrogen-bond donors (Lipinski definition) is 4. The SMILES string of the molecule is O=C(O)N[C@@H](Cc1ccccc1)C(=O)NC(Cc1ccc(C(F)(F)F)cc1)C(O)c1ccc(F)cc1. The normalized spacial score (nSPS) is 13.9. The highest BCUT2D eigenvalue weighted by Crippen LogP contribution is 2.29. The van der Waals surface area contributed by atoms with Gasteiger partial charge in [0.2, 0.25) is 5.91 Å². The van der Waals surface area contributed by atoms with Crippen molar-refractivity contribution >= 4 is 12.0 Å². The van der Waals surface area contributed by atoms with Crippen LogP contribution in [0.25, 0.3) is 0 Å². The molecule has 4 N–H and O–H groups in total. The first kappa shape index (κ1) is 26.7. The van der Waals surface area contributed by atoms with Crippen molar-refractivity contribution in [3.8, 4) is 0 Å². The number of alkyl halides is 3. The Morgan fingerprint density at radius 3 is 1.94 bits per heavy atom. The van der Waals surface area contributed by atoms with Gasteiger partial charge in [0.1, 0.15) is 11.9 Å². The van der Waals surface area contributed by atoms with Gasteiger partial charge in [-0.3, -0.25) is 4.79 Å². The first-order valence-corrected chi connectivity index (χ1v) is 11.0. The lowest BCUT2D eigenvalue weighted by Crippen LogP contribution is -2.52. The van der Waals surface area contributed by atoms with E-state index in [1.807, 2.05) is 0 Å². The maximum atomic E-state index is 13.4.